The molecule has 3 heterocycles. The number of nitrogens with one attached hydrogen (secondary N) is 2. The van der Waals surface area contributed by atoms with Crippen LogP contribution in [0.2, 0.25) is 0 Å². The van der Waals surface area contributed by atoms with E-state index in [1.807, 2.05) is 6.07 Å². The largest absolute Gasteiger partial charge is 0.367 e. The number of hydrogen-bond donors (Lipinski definition) is 2. The molecule has 1 saturated heterocycles. The Morgan fingerprint density at radius 1 is 1.47 bits per heavy atom. The maximum Gasteiger partial charge on any atom is 0.147 e. The topological polar surface area (TPSA) is 49.8 Å². The minimum Gasteiger partial charge on any atom is -0.367 e. The van der Waals surface area contributed by atoms with Gasteiger partial charge < -0.3 is 10.6 Å². The first kappa shape index (κ1) is 12.8. The Bertz CT molecular complexity index is 563. The lowest BCUT2D eigenvalue weighted by Crippen LogP contribution is -2.50. The van der Waals surface area contributed by atoms with E-state index in [-0.39, 0.29) is 0 Å². The van der Waals surface area contributed by atoms with E-state index >= 15 is 0 Å². The van der Waals surface area contributed by atoms with Crippen LogP contribution in [0.3, 0.4) is 0 Å². The van der Waals surface area contributed by atoms with Crippen LogP contribution in [0.15, 0.2) is 17.8 Å². The van der Waals surface area contributed by atoms with E-state index in [1.54, 1.807) is 17.7 Å². The summed E-state index contributed by atoms with van der Waals surface area (Å²) in [7, 11) is 0. The molecule has 1 aliphatic rings. The molecule has 2 N–H and O–H groups in total. The molecule has 1 aliphatic heterocycles. The van der Waals surface area contributed by atoms with Crippen LogP contribution in [0, 0.1) is 5.41 Å². The van der Waals surface area contributed by atoms with Gasteiger partial charge in [0.25, 0.3) is 0 Å². The highest BCUT2D eigenvalue weighted by Gasteiger charge is 2.31. The molecule has 4 nitrogen and oxygen atoms in total. The second-order valence-corrected chi connectivity index (χ2v) is 6.75. The van der Waals surface area contributed by atoms with E-state index in [0.717, 1.165) is 29.1 Å². The second kappa shape index (κ2) is 5.06. The van der Waals surface area contributed by atoms with Crippen LogP contribution in [-0.4, -0.2) is 29.1 Å². The van der Waals surface area contributed by atoms with Gasteiger partial charge >= 0.3 is 0 Å². The van der Waals surface area contributed by atoms with E-state index in [2.05, 4.69) is 39.8 Å². The molecule has 1 unspecified atom stereocenters. The van der Waals surface area contributed by atoms with Crippen molar-refractivity contribution in [1.29, 1.82) is 0 Å². The van der Waals surface area contributed by atoms with E-state index in [9.17, 15) is 0 Å². The molecule has 5 heteroatoms. The van der Waals surface area contributed by atoms with Crippen molar-refractivity contribution in [1.82, 2.24) is 15.3 Å². The normalized spacial score (nSPS) is 22.5. The molecule has 1 atom stereocenters. The molecule has 1 fully saturated rings. The van der Waals surface area contributed by atoms with E-state index in [0.29, 0.717) is 11.5 Å². The smallest absolute Gasteiger partial charge is 0.147 e. The average molecular weight is 276 g/mol. The van der Waals surface area contributed by atoms with Gasteiger partial charge in [0, 0.05) is 12.6 Å². The van der Waals surface area contributed by atoms with Crippen molar-refractivity contribution in [2.24, 2.45) is 5.41 Å². The van der Waals surface area contributed by atoms with Crippen molar-refractivity contribution < 1.29 is 0 Å². The standard InChI is InChI=1S/C14H20N4S/c1-14(2)5-3-6-15-11(14)8-16-13-12-10(4-7-19-12)17-9-18-13/h4,7,9,11,15H,3,5-6,8H2,1-2H3,(H,16,17,18). The number of fused-ring (bicyclic) bond motifs is 1. The molecule has 2 aromatic heterocycles. The van der Waals surface area contributed by atoms with E-state index in [4.69, 9.17) is 0 Å². The first-order valence-corrected chi connectivity index (χ1v) is 7.70. The summed E-state index contributed by atoms with van der Waals surface area (Å²) in [6, 6.07) is 2.53. The van der Waals surface area contributed by atoms with Crippen LogP contribution in [0.5, 0.6) is 0 Å². The minimum atomic E-state index is 0.340. The average Bonchev–Trinajstić information content (AvgIpc) is 2.86. The van der Waals surface area contributed by atoms with Crippen molar-refractivity contribution in [3.05, 3.63) is 17.8 Å². The third kappa shape index (κ3) is 2.58. The number of piperidine rings is 1. The van der Waals surface area contributed by atoms with Crippen LogP contribution in [0.1, 0.15) is 26.7 Å². The summed E-state index contributed by atoms with van der Waals surface area (Å²) < 4.78 is 1.15. The maximum atomic E-state index is 4.37. The van der Waals surface area contributed by atoms with Gasteiger partial charge in [-0.2, -0.15) is 0 Å². The van der Waals surface area contributed by atoms with Gasteiger partial charge in [0.05, 0.1) is 10.2 Å². The van der Waals surface area contributed by atoms with Gasteiger partial charge in [0.2, 0.25) is 0 Å². The van der Waals surface area contributed by atoms with Gasteiger partial charge in [-0.3, -0.25) is 0 Å². The summed E-state index contributed by atoms with van der Waals surface area (Å²) in [6.07, 6.45) is 4.19. The van der Waals surface area contributed by atoms with Crippen LogP contribution >= 0.6 is 11.3 Å². The Balaban J connectivity index is 1.73. The monoisotopic (exact) mass is 276 g/mol. The number of hydrogen-bond acceptors (Lipinski definition) is 5. The van der Waals surface area contributed by atoms with Crippen LogP contribution in [0.4, 0.5) is 5.82 Å². The lowest BCUT2D eigenvalue weighted by molar-refractivity contribution is 0.188. The number of nitrogens with zero attached hydrogens (tertiary/aromatic N) is 2. The van der Waals surface area contributed by atoms with Gasteiger partial charge in [-0.1, -0.05) is 13.8 Å². The molecule has 0 aliphatic carbocycles. The van der Waals surface area contributed by atoms with Crippen LogP contribution in [-0.2, 0) is 0 Å². The van der Waals surface area contributed by atoms with Gasteiger partial charge in [-0.15, -0.1) is 11.3 Å². The third-order valence-electron chi connectivity index (χ3n) is 4.05. The highest BCUT2D eigenvalue weighted by atomic mass is 32.1. The Morgan fingerprint density at radius 3 is 3.21 bits per heavy atom. The summed E-state index contributed by atoms with van der Waals surface area (Å²) in [5.74, 6) is 0.961. The van der Waals surface area contributed by atoms with E-state index in [1.165, 1.54) is 12.8 Å². The highest BCUT2D eigenvalue weighted by molar-refractivity contribution is 7.17. The number of rotatable bonds is 3. The van der Waals surface area contributed by atoms with Crippen molar-refractivity contribution in [2.45, 2.75) is 32.7 Å². The number of aromatic nitrogens is 2. The third-order valence-corrected chi connectivity index (χ3v) is 4.96. The first-order valence-electron chi connectivity index (χ1n) is 6.82. The highest BCUT2D eigenvalue weighted by Crippen LogP contribution is 2.31. The van der Waals surface area contributed by atoms with Gasteiger partial charge in [0.1, 0.15) is 12.1 Å². The Hall–Kier alpha value is -1.20. The van der Waals surface area contributed by atoms with Gasteiger partial charge in [-0.25, -0.2) is 9.97 Å². The molecule has 0 amide bonds. The molecule has 102 valence electrons. The SMILES string of the molecule is CC1(C)CCCNC1CNc1ncnc2ccsc12. The van der Waals surface area contributed by atoms with Crippen LogP contribution < -0.4 is 10.6 Å². The Kier molecular flexibility index (Phi) is 3.41. The van der Waals surface area contributed by atoms with Crippen molar-refractivity contribution >= 4 is 27.4 Å². The molecular formula is C14H20N4S. The molecule has 0 saturated carbocycles. The number of thiophene rings is 1. The summed E-state index contributed by atoms with van der Waals surface area (Å²) in [5, 5.41) is 9.18. The predicted octanol–water partition coefficient (Wildman–Crippen LogP) is 2.88. The second-order valence-electron chi connectivity index (χ2n) is 5.84. The lowest BCUT2D eigenvalue weighted by atomic mass is 9.77. The molecular weight excluding hydrogens is 256 g/mol. The fourth-order valence-corrected chi connectivity index (χ4v) is 3.54. The van der Waals surface area contributed by atoms with Gasteiger partial charge in [-0.05, 0) is 36.2 Å². The summed E-state index contributed by atoms with van der Waals surface area (Å²) in [6.45, 7) is 6.71. The van der Waals surface area contributed by atoms with Crippen molar-refractivity contribution in [2.75, 3.05) is 18.4 Å². The zero-order valence-electron chi connectivity index (χ0n) is 11.4. The quantitative estimate of drug-likeness (QED) is 0.905. The minimum absolute atomic E-state index is 0.340. The van der Waals surface area contributed by atoms with Crippen LogP contribution in [0.25, 0.3) is 10.2 Å². The zero-order valence-corrected chi connectivity index (χ0v) is 12.3. The fraction of sp³-hybridized carbons (Fsp3) is 0.571. The predicted molar refractivity (Wildman–Crippen MR) is 80.7 cm³/mol. The van der Waals surface area contributed by atoms with Crippen molar-refractivity contribution in [3.8, 4) is 0 Å². The van der Waals surface area contributed by atoms with Crippen molar-refractivity contribution in [3.63, 3.8) is 0 Å². The maximum absolute atomic E-state index is 4.37. The molecule has 3 rings (SSSR count). The lowest BCUT2D eigenvalue weighted by Gasteiger charge is -2.39. The molecule has 0 bridgehead atoms. The molecule has 2 aromatic rings. The summed E-state index contributed by atoms with van der Waals surface area (Å²) in [4.78, 5) is 8.64. The Morgan fingerprint density at radius 2 is 2.37 bits per heavy atom. The summed E-state index contributed by atoms with van der Waals surface area (Å²) >= 11 is 1.69. The molecule has 19 heavy (non-hydrogen) atoms. The molecule has 0 spiro atoms. The zero-order chi connectivity index (χ0) is 13.3. The van der Waals surface area contributed by atoms with E-state index < -0.39 is 0 Å². The number of anilines is 1. The molecule has 0 aromatic carbocycles. The summed E-state index contributed by atoms with van der Waals surface area (Å²) in [5.41, 5.74) is 1.37. The Labute approximate surface area is 117 Å². The molecule has 0 radical (unpaired) electrons. The first-order chi connectivity index (χ1) is 9.17. The fourth-order valence-electron chi connectivity index (χ4n) is 2.73. The van der Waals surface area contributed by atoms with Gasteiger partial charge in [0.15, 0.2) is 0 Å².